The Balaban J connectivity index is 2.84. The van der Waals surface area contributed by atoms with Gasteiger partial charge in [0.2, 0.25) is 0 Å². The van der Waals surface area contributed by atoms with E-state index < -0.39 is 22.8 Å². The highest BCUT2D eigenvalue weighted by Gasteiger charge is 2.15. The van der Waals surface area contributed by atoms with Crippen molar-refractivity contribution in [3.63, 3.8) is 0 Å². The zero-order valence-corrected chi connectivity index (χ0v) is 10.7. The van der Waals surface area contributed by atoms with Gasteiger partial charge in [-0.15, -0.1) is 0 Å². The molecule has 1 heterocycles. The topological polar surface area (TPSA) is 92.2 Å². The molecule has 0 fully saturated rings. The van der Waals surface area contributed by atoms with Crippen molar-refractivity contribution in [2.75, 3.05) is 0 Å². The monoisotopic (exact) mass is 300 g/mol. The van der Waals surface area contributed by atoms with Crippen LogP contribution in [0.25, 0.3) is 5.69 Å². The van der Waals surface area contributed by atoms with E-state index in [1.54, 1.807) is 6.07 Å². The third kappa shape index (κ3) is 2.40. The summed E-state index contributed by atoms with van der Waals surface area (Å²) in [5, 5.41) is 9.17. The normalized spacial score (nSPS) is 10.4. The molecule has 6 nitrogen and oxygen atoms in total. The first kappa shape index (κ1) is 13.4. The molecule has 19 heavy (non-hydrogen) atoms. The second-order valence-corrected chi connectivity index (χ2v) is 4.36. The number of carbonyl (C=O) groups is 1. The maximum Gasteiger partial charge on any atom is 0.342 e. The fourth-order valence-corrected chi connectivity index (χ4v) is 2.09. The number of halogens is 2. The van der Waals surface area contributed by atoms with Crippen LogP contribution < -0.4 is 11.2 Å². The van der Waals surface area contributed by atoms with E-state index in [1.807, 2.05) is 4.98 Å². The zero-order chi connectivity index (χ0) is 14.2. The number of hydrogen-bond acceptors (Lipinski definition) is 3. The summed E-state index contributed by atoms with van der Waals surface area (Å²) >= 11 is 11.8. The molecule has 0 aliphatic rings. The van der Waals surface area contributed by atoms with Gasteiger partial charge in [0.15, 0.2) is 0 Å². The number of para-hydroxylation sites is 1. The summed E-state index contributed by atoms with van der Waals surface area (Å²) < 4.78 is 0.884. The van der Waals surface area contributed by atoms with Gasteiger partial charge >= 0.3 is 11.7 Å². The van der Waals surface area contributed by atoms with Crippen LogP contribution in [0.15, 0.2) is 34.0 Å². The lowest BCUT2D eigenvalue weighted by Crippen LogP contribution is -2.32. The van der Waals surface area contributed by atoms with Crippen molar-refractivity contribution < 1.29 is 9.90 Å². The number of carboxylic acid groups (broad SMARTS) is 1. The summed E-state index contributed by atoms with van der Waals surface area (Å²) in [5.41, 5.74) is -2.30. The van der Waals surface area contributed by atoms with Crippen LogP contribution in [0.3, 0.4) is 0 Å². The molecule has 0 aliphatic carbocycles. The average Bonchev–Trinajstić information content (AvgIpc) is 2.30. The third-order valence-electron chi connectivity index (χ3n) is 2.35. The van der Waals surface area contributed by atoms with Crippen molar-refractivity contribution >= 4 is 29.2 Å². The van der Waals surface area contributed by atoms with Crippen LogP contribution in [0.2, 0.25) is 10.0 Å². The molecular formula is C11H6Cl2N2O4. The summed E-state index contributed by atoms with van der Waals surface area (Å²) in [4.78, 5) is 35.8. The van der Waals surface area contributed by atoms with E-state index in [-0.39, 0.29) is 15.7 Å². The van der Waals surface area contributed by atoms with Crippen molar-refractivity contribution in [3.05, 3.63) is 60.8 Å². The van der Waals surface area contributed by atoms with Gasteiger partial charge in [-0.25, -0.2) is 9.59 Å². The summed E-state index contributed by atoms with van der Waals surface area (Å²) in [7, 11) is 0. The summed E-state index contributed by atoms with van der Waals surface area (Å²) in [6.07, 6.45) is 0.886. The fourth-order valence-electron chi connectivity index (χ4n) is 1.51. The molecule has 98 valence electrons. The van der Waals surface area contributed by atoms with Gasteiger partial charge in [0.1, 0.15) is 5.56 Å². The predicted molar refractivity (Wildman–Crippen MR) is 69.6 cm³/mol. The highest BCUT2D eigenvalue weighted by molar-refractivity contribution is 6.37. The molecule has 8 heteroatoms. The molecular weight excluding hydrogens is 295 g/mol. The second-order valence-electron chi connectivity index (χ2n) is 3.55. The first-order chi connectivity index (χ1) is 8.91. The molecule has 0 atom stereocenters. The largest absolute Gasteiger partial charge is 0.477 e. The number of aromatic carboxylic acids is 1. The van der Waals surface area contributed by atoms with E-state index in [0.29, 0.717) is 0 Å². The molecule has 0 unspecified atom stereocenters. The lowest BCUT2D eigenvalue weighted by Gasteiger charge is -2.09. The van der Waals surface area contributed by atoms with Gasteiger partial charge in [-0.2, -0.15) is 0 Å². The SMILES string of the molecule is O=C(O)c1cn(-c2c(Cl)cccc2Cl)c(=O)[nH]c1=O. The maximum atomic E-state index is 11.7. The van der Waals surface area contributed by atoms with Crippen LogP contribution in [-0.4, -0.2) is 20.6 Å². The Morgan fingerprint density at radius 3 is 2.32 bits per heavy atom. The molecule has 2 N–H and O–H groups in total. The van der Waals surface area contributed by atoms with Gasteiger partial charge in [-0.3, -0.25) is 14.3 Å². The van der Waals surface area contributed by atoms with E-state index in [9.17, 15) is 14.4 Å². The molecule has 1 aromatic heterocycles. The number of H-pyrrole nitrogens is 1. The molecule has 0 aliphatic heterocycles. The van der Waals surface area contributed by atoms with Gasteiger partial charge in [0.25, 0.3) is 5.56 Å². The lowest BCUT2D eigenvalue weighted by atomic mass is 10.3. The molecule has 0 spiro atoms. The molecule has 2 aromatic rings. The molecule has 2 rings (SSSR count). The van der Waals surface area contributed by atoms with Crippen molar-refractivity contribution in [1.82, 2.24) is 9.55 Å². The van der Waals surface area contributed by atoms with Crippen molar-refractivity contribution in [1.29, 1.82) is 0 Å². The van der Waals surface area contributed by atoms with Crippen molar-refractivity contribution in [3.8, 4) is 5.69 Å². The minimum atomic E-state index is -1.46. The van der Waals surface area contributed by atoms with E-state index in [1.165, 1.54) is 12.1 Å². The molecule has 1 aromatic carbocycles. The summed E-state index contributed by atoms with van der Waals surface area (Å²) in [5.74, 6) is -1.46. The Morgan fingerprint density at radius 2 is 1.79 bits per heavy atom. The molecule has 0 saturated heterocycles. The van der Waals surface area contributed by atoms with Crippen LogP contribution in [0.1, 0.15) is 10.4 Å². The fraction of sp³-hybridized carbons (Fsp3) is 0. The Morgan fingerprint density at radius 1 is 1.21 bits per heavy atom. The number of nitrogens with zero attached hydrogens (tertiary/aromatic N) is 1. The first-order valence-corrected chi connectivity index (χ1v) is 5.71. The second kappa shape index (κ2) is 4.91. The minimum Gasteiger partial charge on any atom is -0.477 e. The average molecular weight is 301 g/mol. The standard InChI is InChI=1S/C11H6Cl2N2O4/c12-6-2-1-3-7(13)8(6)15-4-5(10(17)18)9(16)14-11(15)19/h1-4H,(H,17,18)(H,14,16,19). The highest BCUT2D eigenvalue weighted by atomic mass is 35.5. The number of carboxylic acids is 1. The zero-order valence-electron chi connectivity index (χ0n) is 9.18. The molecule has 0 radical (unpaired) electrons. The lowest BCUT2D eigenvalue weighted by molar-refractivity contribution is 0.0694. The number of aromatic nitrogens is 2. The van der Waals surface area contributed by atoms with Crippen LogP contribution in [0.5, 0.6) is 0 Å². The molecule has 0 saturated carbocycles. The smallest absolute Gasteiger partial charge is 0.342 e. The number of rotatable bonds is 2. The number of hydrogen-bond donors (Lipinski definition) is 2. The molecule has 0 amide bonds. The number of aromatic amines is 1. The van der Waals surface area contributed by atoms with Crippen molar-refractivity contribution in [2.45, 2.75) is 0 Å². The maximum absolute atomic E-state index is 11.7. The van der Waals surface area contributed by atoms with Gasteiger partial charge in [0.05, 0.1) is 15.7 Å². The van der Waals surface area contributed by atoms with Crippen LogP contribution in [-0.2, 0) is 0 Å². The Labute approximate surface area is 115 Å². The highest BCUT2D eigenvalue weighted by Crippen LogP contribution is 2.26. The van der Waals surface area contributed by atoms with Crippen LogP contribution in [0.4, 0.5) is 0 Å². The number of benzene rings is 1. The van der Waals surface area contributed by atoms with E-state index in [0.717, 1.165) is 10.8 Å². The Hall–Kier alpha value is -2.05. The first-order valence-electron chi connectivity index (χ1n) is 4.95. The number of nitrogens with one attached hydrogen (secondary N) is 1. The Kier molecular flexibility index (Phi) is 3.46. The van der Waals surface area contributed by atoms with Crippen LogP contribution >= 0.6 is 23.2 Å². The summed E-state index contributed by atoms with van der Waals surface area (Å²) in [6, 6.07) is 4.55. The third-order valence-corrected chi connectivity index (χ3v) is 2.96. The van der Waals surface area contributed by atoms with Crippen molar-refractivity contribution in [2.24, 2.45) is 0 Å². The van der Waals surface area contributed by atoms with Gasteiger partial charge < -0.3 is 5.11 Å². The summed E-state index contributed by atoms with van der Waals surface area (Å²) in [6.45, 7) is 0. The van der Waals surface area contributed by atoms with Gasteiger partial charge in [-0.1, -0.05) is 29.3 Å². The predicted octanol–water partition coefficient (Wildman–Crippen LogP) is 1.53. The minimum absolute atomic E-state index is 0.106. The quantitative estimate of drug-likeness (QED) is 0.880. The van der Waals surface area contributed by atoms with Gasteiger partial charge in [0, 0.05) is 6.20 Å². The Bertz CT molecular complexity index is 759. The van der Waals surface area contributed by atoms with E-state index in [4.69, 9.17) is 28.3 Å². The van der Waals surface area contributed by atoms with E-state index >= 15 is 0 Å². The molecule has 0 bridgehead atoms. The van der Waals surface area contributed by atoms with Gasteiger partial charge in [-0.05, 0) is 12.1 Å². The van der Waals surface area contributed by atoms with Crippen LogP contribution in [0, 0.1) is 0 Å². The van der Waals surface area contributed by atoms with E-state index in [2.05, 4.69) is 0 Å².